The van der Waals surface area contributed by atoms with E-state index in [0.717, 1.165) is 64.2 Å². The standard InChI is InChI=1S/C60H112O6/c1-4-7-10-13-16-19-22-25-28-29-30-31-33-35-38-41-44-47-50-53-59(62)65-56-57(55-64-58(61)52-49-46-43-40-37-34-27-24-21-18-15-12-9-6-3)66-60(63)54-51-48-45-42-39-36-32-26-23-20-17-14-11-8-5-2/h20,23-24,27,57H,4-19,21-22,25-26,28-56H2,1-3H3/b23-20+,27-24+/t57-/m1/s1. The lowest BCUT2D eigenvalue weighted by molar-refractivity contribution is -0.167. The van der Waals surface area contributed by atoms with E-state index >= 15 is 0 Å². The molecule has 0 aromatic heterocycles. The van der Waals surface area contributed by atoms with Crippen molar-refractivity contribution in [3.05, 3.63) is 24.3 Å². The number of hydrogen-bond acceptors (Lipinski definition) is 6. The fraction of sp³-hybridized carbons (Fsp3) is 0.883. The van der Waals surface area contributed by atoms with Crippen molar-refractivity contribution < 1.29 is 28.6 Å². The number of rotatable bonds is 54. The summed E-state index contributed by atoms with van der Waals surface area (Å²) in [6, 6.07) is 0. The van der Waals surface area contributed by atoms with Gasteiger partial charge in [0, 0.05) is 19.3 Å². The number of carbonyl (C=O) groups is 3. The first-order valence-corrected chi connectivity index (χ1v) is 29.3. The van der Waals surface area contributed by atoms with Gasteiger partial charge in [-0.05, 0) is 70.6 Å². The van der Waals surface area contributed by atoms with Crippen molar-refractivity contribution >= 4 is 17.9 Å². The van der Waals surface area contributed by atoms with Crippen molar-refractivity contribution in [3.8, 4) is 0 Å². The van der Waals surface area contributed by atoms with Crippen molar-refractivity contribution in [1.82, 2.24) is 0 Å². The van der Waals surface area contributed by atoms with Crippen molar-refractivity contribution in [3.63, 3.8) is 0 Å². The Morgan fingerprint density at radius 1 is 0.288 bits per heavy atom. The maximum Gasteiger partial charge on any atom is 0.306 e. The highest BCUT2D eigenvalue weighted by atomic mass is 16.6. The van der Waals surface area contributed by atoms with E-state index in [1.54, 1.807) is 0 Å². The average Bonchev–Trinajstić information content (AvgIpc) is 3.31. The molecule has 0 amide bonds. The zero-order valence-corrected chi connectivity index (χ0v) is 44.5. The van der Waals surface area contributed by atoms with E-state index in [4.69, 9.17) is 14.2 Å². The maximum absolute atomic E-state index is 12.8. The van der Waals surface area contributed by atoms with Gasteiger partial charge in [-0.25, -0.2) is 0 Å². The van der Waals surface area contributed by atoms with Crippen LogP contribution in [0, 0.1) is 0 Å². The van der Waals surface area contributed by atoms with Gasteiger partial charge in [-0.15, -0.1) is 0 Å². The Labute approximate surface area is 411 Å². The van der Waals surface area contributed by atoms with Gasteiger partial charge in [-0.2, -0.15) is 0 Å². The Morgan fingerprint density at radius 3 is 0.773 bits per heavy atom. The van der Waals surface area contributed by atoms with Crippen LogP contribution in [-0.4, -0.2) is 37.2 Å². The zero-order valence-electron chi connectivity index (χ0n) is 44.5. The van der Waals surface area contributed by atoms with Crippen LogP contribution in [0.3, 0.4) is 0 Å². The van der Waals surface area contributed by atoms with Crippen LogP contribution in [0.4, 0.5) is 0 Å². The first-order chi connectivity index (χ1) is 32.5. The molecule has 1 atom stereocenters. The second-order valence-electron chi connectivity index (χ2n) is 19.9. The van der Waals surface area contributed by atoms with Crippen LogP contribution in [-0.2, 0) is 28.6 Å². The topological polar surface area (TPSA) is 78.9 Å². The molecule has 0 radical (unpaired) electrons. The highest BCUT2D eigenvalue weighted by Gasteiger charge is 2.19. The predicted molar refractivity (Wildman–Crippen MR) is 284 cm³/mol. The van der Waals surface area contributed by atoms with Crippen molar-refractivity contribution in [2.24, 2.45) is 0 Å². The number of ether oxygens (including phenoxy) is 3. The van der Waals surface area contributed by atoms with Gasteiger partial charge in [0.15, 0.2) is 6.10 Å². The summed E-state index contributed by atoms with van der Waals surface area (Å²) in [5.41, 5.74) is 0. The summed E-state index contributed by atoms with van der Waals surface area (Å²) in [4.78, 5) is 38.1. The van der Waals surface area contributed by atoms with E-state index in [0.29, 0.717) is 19.3 Å². The Kier molecular flexibility index (Phi) is 53.7. The van der Waals surface area contributed by atoms with Gasteiger partial charge < -0.3 is 14.2 Å². The Morgan fingerprint density at radius 2 is 0.500 bits per heavy atom. The summed E-state index contributed by atoms with van der Waals surface area (Å²) in [6.45, 7) is 6.66. The molecule has 66 heavy (non-hydrogen) atoms. The lowest BCUT2D eigenvalue weighted by Gasteiger charge is -2.18. The van der Waals surface area contributed by atoms with E-state index in [9.17, 15) is 14.4 Å². The van der Waals surface area contributed by atoms with Crippen LogP contribution < -0.4 is 0 Å². The van der Waals surface area contributed by atoms with Gasteiger partial charge in [0.25, 0.3) is 0 Å². The molecule has 0 N–H and O–H groups in total. The number of unbranched alkanes of at least 4 members (excludes halogenated alkanes) is 39. The van der Waals surface area contributed by atoms with Crippen LogP contribution in [0.1, 0.15) is 323 Å². The molecule has 0 aliphatic heterocycles. The number of hydrogen-bond donors (Lipinski definition) is 0. The van der Waals surface area contributed by atoms with Gasteiger partial charge in [-0.1, -0.05) is 257 Å². The number of carbonyl (C=O) groups excluding carboxylic acids is 3. The molecule has 0 heterocycles. The molecule has 0 aromatic carbocycles. The van der Waals surface area contributed by atoms with E-state index in [-0.39, 0.29) is 31.1 Å². The largest absolute Gasteiger partial charge is 0.462 e. The average molecular weight is 930 g/mol. The quantitative estimate of drug-likeness (QED) is 0.0262. The van der Waals surface area contributed by atoms with Gasteiger partial charge in [0.1, 0.15) is 13.2 Å². The van der Waals surface area contributed by atoms with E-state index < -0.39 is 6.10 Å². The summed E-state index contributed by atoms with van der Waals surface area (Å²) in [7, 11) is 0. The molecule has 0 spiro atoms. The SMILES string of the molecule is CCCCCC/C=C/CCCCCCCCCC(=O)O[C@H](COC(=O)CCCCCCC/C=C/CCCCCCC)COC(=O)CCCCCCCCCCCCCCCCCCCCC. The predicted octanol–water partition coefficient (Wildman–Crippen LogP) is 19.5. The molecule has 0 fully saturated rings. The zero-order chi connectivity index (χ0) is 47.9. The number of esters is 3. The second-order valence-corrected chi connectivity index (χ2v) is 19.9. The van der Waals surface area contributed by atoms with Crippen LogP contribution in [0.2, 0.25) is 0 Å². The highest BCUT2D eigenvalue weighted by molar-refractivity contribution is 5.71. The molecule has 0 unspecified atom stereocenters. The van der Waals surface area contributed by atoms with Crippen molar-refractivity contribution in [1.29, 1.82) is 0 Å². The molecule has 0 aliphatic carbocycles. The van der Waals surface area contributed by atoms with Crippen LogP contribution in [0.15, 0.2) is 24.3 Å². The van der Waals surface area contributed by atoms with E-state index in [1.807, 2.05) is 0 Å². The monoisotopic (exact) mass is 929 g/mol. The molecule has 6 nitrogen and oxygen atoms in total. The summed E-state index contributed by atoms with van der Waals surface area (Å²) >= 11 is 0. The lowest BCUT2D eigenvalue weighted by atomic mass is 10.0. The van der Waals surface area contributed by atoms with Crippen molar-refractivity contribution in [2.45, 2.75) is 329 Å². The third kappa shape index (κ3) is 52.9. The minimum absolute atomic E-state index is 0.0711. The summed E-state index contributed by atoms with van der Waals surface area (Å²) in [5, 5.41) is 0. The first kappa shape index (κ1) is 63.9. The molecule has 0 aliphatic rings. The molecule has 0 saturated heterocycles. The van der Waals surface area contributed by atoms with Gasteiger partial charge in [0.05, 0.1) is 0 Å². The summed E-state index contributed by atoms with van der Waals surface area (Å²) in [6.07, 6.45) is 64.5. The molecular weight excluding hydrogens is 817 g/mol. The minimum atomic E-state index is -0.773. The fourth-order valence-corrected chi connectivity index (χ4v) is 8.73. The Hall–Kier alpha value is -2.11. The summed E-state index contributed by atoms with van der Waals surface area (Å²) in [5.74, 6) is -0.864. The lowest BCUT2D eigenvalue weighted by Crippen LogP contribution is -2.30. The van der Waals surface area contributed by atoms with E-state index in [2.05, 4.69) is 45.1 Å². The van der Waals surface area contributed by atoms with Gasteiger partial charge in [0.2, 0.25) is 0 Å². The molecule has 0 aromatic rings. The minimum Gasteiger partial charge on any atom is -0.462 e. The molecule has 0 bridgehead atoms. The maximum atomic E-state index is 12.8. The second kappa shape index (κ2) is 55.5. The number of allylic oxidation sites excluding steroid dienone is 4. The van der Waals surface area contributed by atoms with Crippen LogP contribution in [0.25, 0.3) is 0 Å². The van der Waals surface area contributed by atoms with Crippen LogP contribution >= 0.6 is 0 Å². The Bertz CT molecular complexity index is 1070. The molecule has 0 rings (SSSR count). The van der Waals surface area contributed by atoms with E-state index in [1.165, 1.54) is 218 Å². The van der Waals surface area contributed by atoms with Crippen LogP contribution in [0.5, 0.6) is 0 Å². The molecule has 6 heteroatoms. The summed E-state index contributed by atoms with van der Waals surface area (Å²) < 4.78 is 16.9. The first-order valence-electron chi connectivity index (χ1n) is 29.3. The Balaban J connectivity index is 4.31. The van der Waals surface area contributed by atoms with Gasteiger partial charge in [-0.3, -0.25) is 14.4 Å². The third-order valence-electron chi connectivity index (χ3n) is 13.2. The third-order valence-corrected chi connectivity index (χ3v) is 13.2. The highest BCUT2D eigenvalue weighted by Crippen LogP contribution is 2.17. The molecule has 0 saturated carbocycles. The smallest absolute Gasteiger partial charge is 0.306 e. The van der Waals surface area contributed by atoms with Crippen molar-refractivity contribution in [2.75, 3.05) is 13.2 Å². The molecular formula is C60H112O6. The normalized spacial score (nSPS) is 12.1. The molecule has 388 valence electrons. The van der Waals surface area contributed by atoms with Gasteiger partial charge >= 0.3 is 17.9 Å². The fourth-order valence-electron chi connectivity index (χ4n) is 8.73.